The van der Waals surface area contributed by atoms with Gasteiger partial charge in [0, 0.05) is 43.8 Å². The minimum absolute atomic E-state index is 0.177. The molecule has 5 nitrogen and oxygen atoms in total. The van der Waals surface area contributed by atoms with Crippen molar-refractivity contribution < 1.29 is 8.83 Å². The SMILES string of the molecule is [B]c1c([B])c([B])c(-c2ccc(-c3ccc(-c4nc(-c5ccccc5)nc(-c5cccc6oc7ccccc7c56)n4)c4c3oc3ccccc34)cc2)c([B])c1[B]. The van der Waals surface area contributed by atoms with E-state index >= 15 is 0 Å². The minimum Gasteiger partial charge on any atom is -0.456 e. The molecule has 0 N–H and O–H groups in total. The Morgan fingerprint density at radius 2 is 0.855 bits per heavy atom. The molecule has 0 unspecified atom stereocenters. The second kappa shape index (κ2) is 12.8. The number of para-hydroxylation sites is 2. The van der Waals surface area contributed by atoms with Crippen LogP contribution in [0.4, 0.5) is 0 Å². The Morgan fingerprint density at radius 3 is 1.55 bits per heavy atom. The van der Waals surface area contributed by atoms with E-state index in [-0.39, 0.29) is 27.3 Å². The van der Waals surface area contributed by atoms with Crippen molar-refractivity contribution in [2.75, 3.05) is 0 Å². The fraction of sp³-hybridized carbons (Fsp3) is 0. The van der Waals surface area contributed by atoms with Crippen LogP contribution in [0.1, 0.15) is 0 Å². The second-order valence-corrected chi connectivity index (χ2v) is 13.4. The molecule has 0 aliphatic carbocycles. The molecule has 10 heteroatoms. The Bertz CT molecular complexity index is 3130. The summed E-state index contributed by atoms with van der Waals surface area (Å²) in [5, 5.41) is 3.75. The number of aromatic nitrogens is 3. The normalized spacial score (nSPS) is 11.6. The molecule has 0 saturated carbocycles. The summed E-state index contributed by atoms with van der Waals surface area (Å²) >= 11 is 0. The summed E-state index contributed by atoms with van der Waals surface area (Å²) in [6.45, 7) is 0. The standard InChI is InChI=1S/C45H22B5N3O2/c46-37-34(38(47)40(49)41(50)39(37)48)24-19-17-23(18-20-24)26-21-22-30(36-28-12-5-7-15-32(28)55-42(26)36)45-52-43(25-9-2-1-3-10-25)51-44(53-45)29-13-8-16-33-35(29)27-11-4-6-14-31(27)54-33/h1-22H. The molecule has 3 heterocycles. The quantitative estimate of drug-likeness (QED) is 0.208. The maximum Gasteiger partial charge on any atom is 0.164 e. The maximum absolute atomic E-state index is 6.65. The van der Waals surface area contributed by atoms with Gasteiger partial charge in [-0.2, -0.15) is 0 Å². The first-order chi connectivity index (χ1) is 26.9. The summed E-state index contributed by atoms with van der Waals surface area (Å²) in [4.78, 5) is 15.4. The van der Waals surface area contributed by atoms with E-state index in [0.717, 1.165) is 71.7 Å². The van der Waals surface area contributed by atoms with Crippen LogP contribution >= 0.6 is 0 Å². The largest absolute Gasteiger partial charge is 0.456 e. The number of nitrogens with zero attached hydrogens (tertiary/aromatic N) is 3. The summed E-state index contributed by atoms with van der Waals surface area (Å²) < 4.78 is 12.9. The first-order valence-corrected chi connectivity index (χ1v) is 17.6. The molecule has 0 amide bonds. The van der Waals surface area contributed by atoms with Crippen LogP contribution in [-0.4, -0.2) is 54.2 Å². The van der Waals surface area contributed by atoms with E-state index in [4.69, 9.17) is 63.0 Å². The lowest BCUT2D eigenvalue weighted by Crippen LogP contribution is -2.55. The van der Waals surface area contributed by atoms with Crippen LogP contribution in [0.25, 0.3) is 100 Å². The van der Waals surface area contributed by atoms with Gasteiger partial charge >= 0.3 is 0 Å². The first-order valence-electron chi connectivity index (χ1n) is 17.6. The van der Waals surface area contributed by atoms with Crippen LogP contribution in [-0.2, 0) is 0 Å². The molecule has 10 rings (SSSR count). The number of benzene rings is 7. The van der Waals surface area contributed by atoms with E-state index in [9.17, 15) is 0 Å². The summed E-state index contributed by atoms with van der Waals surface area (Å²) in [6, 6.07) is 43.8. The van der Waals surface area contributed by atoms with Crippen molar-refractivity contribution in [3.05, 3.63) is 133 Å². The highest BCUT2D eigenvalue weighted by Crippen LogP contribution is 2.42. The van der Waals surface area contributed by atoms with Crippen molar-refractivity contribution in [1.82, 2.24) is 15.0 Å². The lowest BCUT2D eigenvalue weighted by molar-refractivity contribution is 0.669. The van der Waals surface area contributed by atoms with Gasteiger partial charge < -0.3 is 8.83 Å². The number of fused-ring (bicyclic) bond motifs is 6. The molecule has 0 spiro atoms. The molecule has 10 radical (unpaired) electrons. The molecule has 0 bridgehead atoms. The Balaban J connectivity index is 1.18. The molecule has 55 heavy (non-hydrogen) atoms. The van der Waals surface area contributed by atoms with Crippen LogP contribution in [0, 0.1) is 0 Å². The van der Waals surface area contributed by atoms with E-state index in [1.165, 1.54) is 0 Å². The van der Waals surface area contributed by atoms with Gasteiger partial charge in [0.1, 0.15) is 61.6 Å². The van der Waals surface area contributed by atoms with E-state index < -0.39 is 0 Å². The molecule has 244 valence electrons. The number of hydrogen-bond acceptors (Lipinski definition) is 5. The predicted molar refractivity (Wildman–Crippen MR) is 229 cm³/mol. The molecule has 0 fully saturated rings. The van der Waals surface area contributed by atoms with E-state index in [0.29, 0.717) is 28.6 Å². The van der Waals surface area contributed by atoms with Crippen molar-refractivity contribution in [1.29, 1.82) is 0 Å². The first kappa shape index (κ1) is 33.1. The Hall–Kier alpha value is -6.53. The molecule has 0 aliphatic heterocycles. The number of furan rings is 2. The van der Waals surface area contributed by atoms with Crippen molar-refractivity contribution >= 4 is 110 Å². The third-order valence-electron chi connectivity index (χ3n) is 10.3. The van der Waals surface area contributed by atoms with Gasteiger partial charge in [-0.1, -0.05) is 114 Å². The second-order valence-electron chi connectivity index (χ2n) is 13.4. The zero-order valence-corrected chi connectivity index (χ0v) is 29.2. The van der Waals surface area contributed by atoms with Gasteiger partial charge in [-0.15, -0.1) is 16.4 Å². The van der Waals surface area contributed by atoms with Crippen molar-refractivity contribution in [3.63, 3.8) is 0 Å². The fourth-order valence-corrected chi connectivity index (χ4v) is 7.51. The maximum atomic E-state index is 6.65. The molecule has 3 aromatic heterocycles. The zero-order valence-electron chi connectivity index (χ0n) is 29.2. The molecule has 0 atom stereocenters. The van der Waals surface area contributed by atoms with E-state index in [2.05, 4.69) is 12.1 Å². The zero-order chi connectivity index (χ0) is 37.4. The van der Waals surface area contributed by atoms with Crippen LogP contribution in [0.5, 0.6) is 0 Å². The third kappa shape index (κ3) is 5.27. The summed E-state index contributed by atoms with van der Waals surface area (Å²) in [5.41, 5.74) is 9.74. The molecule has 7 aromatic carbocycles. The van der Waals surface area contributed by atoms with Gasteiger partial charge in [0.25, 0.3) is 0 Å². The third-order valence-corrected chi connectivity index (χ3v) is 10.3. The highest BCUT2D eigenvalue weighted by Gasteiger charge is 2.22. The number of hydrogen-bond donors (Lipinski definition) is 0. The molecular weight excluding hydrogens is 669 g/mol. The lowest BCUT2D eigenvalue weighted by Gasteiger charge is -2.21. The Morgan fingerprint density at radius 1 is 0.345 bits per heavy atom. The fourth-order valence-electron chi connectivity index (χ4n) is 7.51. The van der Waals surface area contributed by atoms with Crippen molar-refractivity contribution in [2.45, 2.75) is 0 Å². The lowest BCUT2D eigenvalue weighted by atomic mass is 9.59. The van der Waals surface area contributed by atoms with Crippen molar-refractivity contribution in [3.8, 4) is 56.4 Å². The number of rotatable bonds is 5. The van der Waals surface area contributed by atoms with Gasteiger partial charge in [-0.25, -0.2) is 15.0 Å². The average Bonchev–Trinajstić information content (AvgIpc) is 3.82. The molecule has 0 saturated heterocycles. The Kier molecular flexibility index (Phi) is 7.70. The summed E-state index contributed by atoms with van der Waals surface area (Å²) in [5.74, 6) is 1.59. The summed E-state index contributed by atoms with van der Waals surface area (Å²) in [6.07, 6.45) is 0. The smallest absolute Gasteiger partial charge is 0.164 e. The summed E-state index contributed by atoms with van der Waals surface area (Å²) in [7, 11) is 31.2. The van der Waals surface area contributed by atoms with Gasteiger partial charge in [0.2, 0.25) is 0 Å². The van der Waals surface area contributed by atoms with Crippen molar-refractivity contribution in [2.24, 2.45) is 0 Å². The monoisotopic (exact) mass is 691 g/mol. The van der Waals surface area contributed by atoms with Crippen LogP contribution in [0.2, 0.25) is 0 Å². The van der Waals surface area contributed by atoms with Gasteiger partial charge in [-0.05, 0) is 47.0 Å². The Labute approximate surface area is 322 Å². The predicted octanol–water partition coefficient (Wildman–Crippen LogP) is 5.97. The molecule has 0 aliphatic rings. The minimum atomic E-state index is 0.177. The van der Waals surface area contributed by atoms with Crippen LogP contribution in [0.15, 0.2) is 142 Å². The van der Waals surface area contributed by atoms with E-state index in [1.54, 1.807) is 0 Å². The molecular formula is C45H22B5N3O2. The van der Waals surface area contributed by atoms with Crippen LogP contribution < -0.4 is 27.3 Å². The molecule has 10 aromatic rings. The van der Waals surface area contributed by atoms with Gasteiger partial charge in [0.15, 0.2) is 17.5 Å². The topological polar surface area (TPSA) is 65.0 Å². The highest BCUT2D eigenvalue weighted by atomic mass is 16.3. The van der Waals surface area contributed by atoms with Crippen LogP contribution in [0.3, 0.4) is 0 Å². The van der Waals surface area contributed by atoms with E-state index in [1.807, 2.05) is 121 Å². The average molecular weight is 691 g/mol. The van der Waals surface area contributed by atoms with Gasteiger partial charge in [-0.3, -0.25) is 0 Å². The van der Waals surface area contributed by atoms with Gasteiger partial charge in [0.05, 0.1) is 0 Å². The highest BCUT2D eigenvalue weighted by molar-refractivity contribution is 6.68.